The Labute approximate surface area is 167 Å². The predicted octanol–water partition coefficient (Wildman–Crippen LogP) is 3.62. The van der Waals surface area contributed by atoms with E-state index in [0.29, 0.717) is 17.7 Å². The Kier molecular flexibility index (Phi) is 4.76. The Morgan fingerprint density at radius 1 is 1.03 bits per heavy atom. The fourth-order valence-electron chi connectivity index (χ4n) is 3.24. The molecule has 0 saturated heterocycles. The number of rotatable bonds is 3. The van der Waals surface area contributed by atoms with Gasteiger partial charge in [-0.25, -0.2) is 9.31 Å². The molecule has 0 aliphatic carbocycles. The van der Waals surface area contributed by atoms with E-state index in [9.17, 15) is 9.59 Å². The molecule has 4 aromatic rings. The maximum absolute atomic E-state index is 12.9. The first-order valence-corrected chi connectivity index (χ1v) is 9.15. The first-order chi connectivity index (χ1) is 14.0. The van der Waals surface area contributed by atoms with E-state index in [4.69, 9.17) is 5.11 Å². The maximum atomic E-state index is 12.9. The highest BCUT2D eigenvalue weighted by atomic mass is 16.4. The number of nitrogens with one attached hydrogen (secondary N) is 1. The summed E-state index contributed by atoms with van der Waals surface area (Å²) in [7, 11) is 0. The lowest BCUT2D eigenvalue weighted by molar-refractivity contribution is 0.0697. The molecule has 5 heteroatoms. The SMILES string of the molecule is Cc1cc(Cc2ccc(C(=O)O)cc2)c(=O)n2[nH]c(C#Cc3ccccc3)cc12. The molecule has 0 aliphatic heterocycles. The predicted molar refractivity (Wildman–Crippen MR) is 111 cm³/mol. The number of H-pyrrole nitrogens is 1. The molecule has 2 heterocycles. The summed E-state index contributed by atoms with van der Waals surface area (Å²) in [6.45, 7) is 1.95. The number of fused-ring (bicyclic) bond motifs is 1. The van der Waals surface area contributed by atoms with Crippen molar-refractivity contribution in [1.29, 1.82) is 0 Å². The van der Waals surface area contributed by atoms with Gasteiger partial charge in [0.2, 0.25) is 0 Å². The van der Waals surface area contributed by atoms with Crippen LogP contribution in [0.4, 0.5) is 0 Å². The normalized spacial score (nSPS) is 10.5. The standard InChI is InChI=1S/C24H18N2O3/c1-16-13-20(14-18-7-10-19(11-8-18)24(28)29)23(27)26-22(16)15-21(25-26)12-9-17-5-3-2-4-6-17/h2-8,10-11,13,15,25H,14H2,1H3,(H,28,29). The van der Waals surface area contributed by atoms with Gasteiger partial charge in [0.1, 0.15) is 5.69 Å². The zero-order valence-corrected chi connectivity index (χ0v) is 15.8. The summed E-state index contributed by atoms with van der Waals surface area (Å²) < 4.78 is 1.52. The second kappa shape index (κ2) is 7.53. The molecule has 0 fully saturated rings. The molecule has 0 atom stereocenters. The molecule has 2 N–H and O–H groups in total. The van der Waals surface area contributed by atoms with Crippen molar-refractivity contribution in [3.05, 3.63) is 111 Å². The second-order valence-corrected chi connectivity index (χ2v) is 6.84. The summed E-state index contributed by atoms with van der Waals surface area (Å²) in [6, 6.07) is 20.0. The van der Waals surface area contributed by atoms with Gasteiger partial charge in [-0.3, -0.25) is 9.89 Å². The Morgan fingerprint density at radius 3 is 2.45 bits per heavy atom. The van der Waals surface area contributed by atoms with Crippen LogP contribution in [0.1, 0.15) is 38.3 Å². The molecule has 29 heavy (non-hydrogen) atoms. The molecule has 5 nitrogen and oxygen atoms in total. The van der Waals surface area contributed by atoms with E-state index >= 15 is 0 Å². The maximum Gasteiger partial charge on any atom is 0.335 e. The number of aromatic nitrogens is 2. The Hall–Kier alpha value is -4.04. The Bertz CT molecular complexity index is 1320. The Balaban J connectivity index is 1.68. The monoisotopic (exact) mass is 382 g/mol. The van der Waals surface area contributed by atoms with Gasteiger partial charge in [-0.1, -0.05) is 36.3 Å². The summed E-state index contributed by atoms with van der Waals surface area (Å²) >= 11 is 0. The van der Waals surface area contributed by atoms with Crippen LogP contribution in [0.2, 0.25) is 0 Å². The van der Waals surface area contributed by atoms with Gasteiger partial charge in [-0.05, 0) is 60.4 Å². The molecule has 2 aromatic carbocycles. The van der Waals surface area contributed by atoms with Gasteiger partial charge in [0.05, 0.1) is 11.1 Å². The third kappa shape index (κ3) is 3.83. The third-order valence-corrected chi connectivity index (χ3v) is 4.74. The van der Waals surface area contributed by atoms with Crippen LogP contribution in [-0.4, -0.2) is 20.7 Å². The zero-order valence-electron chi connectivity index (χ0n) is 15.8. The van der Waals surface area contributed by atoms with Crippen molar-refractivity contribution in [1.82, 2.24) is 9.61 Å². The van der Waals surface area contributed by atoms with Crippen LogP contribution in [0.25, 0.3) is 5.52 Å². The number of hydrogen-bond acceptors (Lipinski definition) is 2. The fraction of sp³-hybridized carbons (Fsp3) is 0.0833. The van der Waals surface area contributed by atoms with Crippen molar-refractivity contribution in [2.45, 2.75) is 13.3 Å². The number of benzene rings is 2. The molecule has 4 rings (SSSR count). The van der Waals surface area contributed by atoms with Crippen molar-refractivity contribution in [2.75, 3.05) is 0 Å². The molecule has 142 valence electrons. The van der Waals surface area contributed by atoms with Gasteiger partial charge in [0.25, 0.3) is 5.56 Å². The van der Waals surface area contributed by atoms with E-state index in [1.54, 1.807) is 24.3 Å². The summed E-state index contributed by atoms with van der Waals surface area (Å²) in [5.41, 5.74) is 4.92. The summed E-state index contributed by atoms with van der Waals surface area (Å²) in [5.74, 6) is 5.19. The fourth-order valence-corrected chi connectivity index (χ4v) is 3.24. The van der Waals surface area contributed by atoms with Gasteiger partial charge in [-0.2, -0.15) is 0 Å². The smallest absolute Gasteiger partial charge is 0.335 e. The summed E-state index contributed by atoms with van der Waals surface area (Å²) in [5, 5.41) is 12.1. The number of nitrogens with zero attached hydrogens (tertiary/aromatic N) is 1. The molecular weight excluding hydrogens is 364 g/mol. The number of carboxylic acid groups (broad SMARTS) is 1. The van der Waals surface area contributed by atoms with Crippen LogP contribution in [0.3, 0.4) is 0 Å². The number of aromatic carboxylic acids is 1. The summed E-state index contributed by atoms with van der Waals surface area (Å²) in [4.78, 5) is 23.9. The van der Waals surface area contributed by atoms with Crippen molar-refractivity contribution < 1.29 is 9.90 Å². The van der Waals surface area contributed by atoms with Gasteiger partial charge < -0.3 is 5.11 Å². The van der Waals surface area contributed by atoms with E-state index in [-0.39, 0.29) is 11.1 Å². The number of carbonyl (C=O) groups is 1. The lowest BCUT2D eigenvalue weighted by Gasteiger charge is -2.05. The molecule has 0 radical (unpaired) electrons. The average Bonchev–Trinajstić information content (AvgIpc) is 3.17. The highest BCUT2D eigenvalue weighted by Crippen LogP contribution is 2.14. The second-order valence-electron chi connectivity index (χ2n) is 6.84. The number of pyridine rings is 1. The topological polar surface area (TPSA) is 74.6 Å². The van der Waals surface area contributed by atoms with Gasteiger partial charge >= 0.3 is 5.97 Å². The van der Waals surface area contributed by atoms with E-state index in [2.05, 4.69) is 16.9 Å². The van der Waals surface area contributed by atoms with Crippen LogP contribution in [0.15, 0.2) is 71.5 Å². The van der Waals surface area contributed by atoms with E-state index in [1.807, 2.05) is 49.4 Å². The first-order valence-electron chi connectivity index (χ1n) is 9.15. The van der Waals surface area contributed by atoms with Crippen LogP contribution in [0, 0.1) is 18.8 Å². The average molecular weight is 382 g/mol. The lowest BCUT2D eigenvalue weighted by Crippen LogP contribution is -2.19. The van der Waals surface area contributed by atoms with Crippen LogP contribution >= 0.6 is 0 Å². The zero-order chi connectivity index (χ0) is 20.4. The van der Waals surface area contributed by atoms with Crippen LogP contribution in [-0.2, 0) is 6.42 Å². The minimum absolute atomic E-state index is 0.138. The molecule has 0 aliphatic rings. The molecule has 2 aromatic heterocycles. The molecule has 0 bridgehead atoms. The molecule has 0 amide bonds. The van der Waals surface area contributed by atoms with Crippen molar-refractivity contribution >= 4 is 11.5 Å². The molecule has 0 spiro atoms. The highest BCUT2D eigenvalue weighted by Gasteiger charge is 2.11. The lowest BCUT2D eigenvalue weighted by atomic mass is 10.0. The van der Waals surface area contributed by atoms with E-state index in [0.717, 1.165) is 22.2 Å². The van der Waals surface area contributed by atoms with Gasteiger partial charge in [0.15, 0.2) is 0 Å². The number of hydrogen-bond donors (Lipinski definition) is 2. The van der Waals surface area contributed by atoms with E-state index < -0.39 is 5.97 Å². The quantitative estimate of drug-likeness (QED) is 0.532. The minimum atomic E-state index is -0.968. The van der Waals surface area contributed by atoms with Gasteiger partial charge in [0, 0.05) is 17.5 Å². The number of aromatic amines is 1. The number of aryl methyl sites for hydroxylation is 1. The van der Waals surface area contributed by atoms with Crippen molar-refractivity contribution in [3.63, 3.8) is 0 Å². The van der Waals surface area contributed by atoms with Crippen LogP contribution < -0.4 is 5.56 Å². The molecule has 0 unspecified atom stereocenters. The van der Waals surface area contributed by atoms with E-state index in [1.165, 1.54) is 4.52 Å². The first kappa shape index (κ1) is 18.3. The third-order valence-electron chi connectivity index (χ3n) is 4.74. The van der Waals surface area contributed by atoms with Crippen LogP contribution in [0.5, 0.6) is 0 Å². The number of carboxylic acids is 1. The molecule has 0 saturated carbocycles. The minimum Gasteiger partial charge on any atom is -0.478 e. The Morgan fingerprint density at radius 2 is 1.76 bits per heavy atom. The summed E-state index contributed by atoms with van der Waals surface area (Å²) in [6.07, 6.45) is 0.423. The molecular formula is C24H18N2O3. The van der Waals surface area contributed by atoms with Crippen molar-refractivity contribution in [2.24, 2.45) is 0 Å². The van der Waals surface area contributed by atoms with Gasteiger partial charge in [-0.15, -0.1) is 0 Å². The highest BCUT2D eigenvalue weighted by molar-refractivity contribution is 5.87. The van der Waals surface area contributed by atoms with Crippen molar-refractivity contribution in [3.8, 4) is 11.8 Å². The largest absolute Gasteiger partial charge is 0.478 e.